The number of aryl methyl sites for hydroxylation is 1. The third-order valence-corrected chi connectivity index (χ3v) is 4.59. The van der Waals surface area contributed by atoms with Gasteiger partial charge in [0, 0.05) is 18.9 Å². The normalized spacial score (nSPS) is 27.7. The summed E-state index contributed by atoms with van der Waals surface area (Å²) in [6, 6.07) is 8.84. The second kappa shape index (κ2) is 4.20. The quantitative estimate of drug-likeness (QED) is 0.916. The van der Waals surface area contributed by atoms with Crippen LogP contribution in [0.25, 0.3) is 0 Å². The van der Waals surface area contributed by atoms with E-state index in [9.17, 15) is 0 Å². The largest absolute Gasteiger partial charge is 0.445 e. The van der Waals surface area contributed by atoms with Crippen molar-refractivity contribution < 1.29 is 4.42 Å². The summed E-state index contributed by atoms with van der Waals surface area (Å²) in [4.78, 5) is 4.33. The molecule has 2 aliphatic carbocycles. The molecule has 3 heteroatoms. The summed E-state index contributed by atoms with van der Waals surface area (Å²) in [6.07, 6.45) is 5.13. The predicted molar refractivity (Wildman–Crippen MR) is 73.0 cm³/mol. The van der Waals surface area contributed by atoms with Gasteiger partial charge in [0.2, 0.25) is 0 Å². The van der Waals surface area contributed by atoms with Crippen LogP contribution in [0.2, 0.25) is 0 Å². The number of benzene rings is 1. The van der Waals surface area contributed by atoms with Crippen molar-refractivity contribution in [1.29, 1.82) is 0 Å². The van der Waals surface area contributed by atoms with E-state index >= 15 is 0 Å². The first-order valence-corrected chi connectivity index (χ1v) is 7.11. The lowest BCUT2D eigenvalue weighted by Gasteiger charge is -2.13. The van der Waals surface area contributed by atoms with Gasteiger partial charge >= 0.3 is 0 Å². The van der Waals surface area contributed by atoms with E-state index in [1.165, 1.54) is 24.0 Å². The summed E-state index contributed by atoms with van der Waals surface area (Å²) in [5.74, 6) is 3.81. The molecule has 19 heavy (non-hydrogen) atoms. The molecule has 0 aliphatic heterocycles. The Balaban J connectivity index is 1.62. The summed E-state index contributed by atoms with van der Waals surface area (Å²) < 4.78 is 5.86. The molecular weight excluding hydrogens is 236 g/mol. The van der Waals surface area contributed by atoms with E-state index in [-0.39, 0.29) is 0 Å². The van der Waals surface area contributed by atoms with Gasteiger partial charge in [0.05, 0.1) is 6.20 Å². The average Bonchev–Trinajstić information content (AvgIpc) is 3.02. The number of aromatic nitrogens is 1. The molecule has 0 bridgehead atoms. The summed E-state index contributed by atoms with van der Waals surface area (Å²) in [7, 11) is 0. The zero-order valence-electron chi connectivity index (χ0n) is 10.9. The Bertz CT molecular complexity index is 604. The highest BCUT2D eigenvalue weighted by atomic mass is 16.4. The van der Waals surface area contributed by atoms with E-state index in [0.29, 0.717) is 18.4 Å². The van der Waals surface area contributed by atoms with Gasteiger partial charge in [-0.3, -0.25) is 0 Å². The van der Waals surface area contributed by atoms with Gasteiger partial charge in [-0.1, -0.05) is 24.3 Å². The van der Waals surface area contributed by atoms with Crippen molar-refractivity contribution in [3.63, 3.8) is 0 Å². The Hall–Kier alpha value is -1.61. The highest BCUT2D eigenvalue weighted by Crippen LogP contribution is 2.65. The summed E-state index contributed by atoms with van der Waals surface area (Å²) in [5.41, 5.74) is 8.59. The maximum Gasteiger partial charge on any atom is 0.195 e. The zero-order chi connectivity index (χ0) is 12.8. The van der Waals surface area contributed by atoms with Crippen molar-refractivity contribution in [2.75, 3.05) is 6.54 Å². The molecule has 0 spiro atoms. The summed E-state index contributed by atoms with van der Waals surface area (Å²) in [5, 5.41) is 0. The van der Waals surface area contributed by atoms with Gasteiger partial charge in [0.15, 0.2) is 5.89 Å². The molecule has 4 rings (SSSR count). The van der Waals surface area contributed by atoms with Gasteiger partial charge in [-0.25, -0.2) is 4.98 Å². The molecule has 2 aromatic rings. The first kappa shape index (κ1) is 11.2. The van der Waals surface area contributed by atoms with Crippen LogP contribution in [-0.2, 0) is 12.8 Å². The van der Waals surface area contributed by atoms with Gasteiger partial charge < -0.3 is 10.2 Å². The SMILES string of the molecule is NCCc1ncc(C2C3CCc4ccccc4C32)o1. The molecule has 2 aliphatic rings. The maximum absolute atomic E-state index is 5.86. The Morgan fingerprint density at radius 1 is 1.26 bits per heavy atom. The lowest BCUT2D eigenvalue weighted by molar-refractivity contribution is 0.450. The molecule has 0 amide bonds. The molecule has 0 radical (unpaired) electrons. The van der Waals surface area contributed by atoms with Crippen molar-refractivity contribution in [1.82, 2.24) is 4.98 Å². The fraction of sp³-hybridized carbons (Fsp3) is 0.438. The molecule has 3 atom stereocenters. The van der Waals surface area contributed by atoms with E-state index in [1.807, 2.05) is 6.20 Å². The molecule has 3 nitrogen and oxygen atoms in total. The van der Waals surface area contributed by atoms with Gasteiger partial charge in [0.25, 0.3) is 0 Å². The minimum Gasteiger partial charge on any atom is -0.445 e. The van der Waals surface area contributed by atoms with Crippen LogP contribution < -0.4 is 5.73 Å². The second-order valence-electron chi connectivity index (χ2n) is 5.65. The second-order valence-corrected chi connectivity index (χ2v) is 5.65. The number of oxazole rings is 1. The minimum atomic E-state index is 0.544. The van der Waals surface area contributed by atoms with Gasteiger partial charge in [-0.15, -0.1) is 0 Å². The monoisotopic (exact) mass is 254 g/mol. The Morgan fingerprint density at radius 2 is 2.16 bits per heavy atom. The highest BCUT2D eigenvalue weighted by molar-refractivity contribution is 5.43. The van der Waals surface area contributed by atoms with Gasteiger partial charge in [-0.2, -0.15) is 0 Å². The first-order chi connectivity index (χ1) is 9.38. The van der Waals surface area contributed by atoms with Crippen LogP contribution in [-0.4, -0.2) is 11.5 Å². The van der Waals surface area contributed by atoms with Crippen molar-refractivity contribution in [3.8, 4) is 0 Å². The Labute approximate surface area is 112 Å². The zero-order valence-corrected chi connectivity index (χ0v) is 10.9. The van der Waals surface area contributed by atoms with Crippen molar-refractivity contribution in [2.24, 2.45) is 11.7 Å². The van der Waals surface area contributed by atoms with Crippen LogP contribution in [0.5, 0.6) is 0 Å². The molecule has 1 saturated carbocycles. The van der Waals surface area contributed by atoms with E-state index in [2.05, 4.69) is 29.2 Å². The van der Waals surface area contributed by atoms with Crippen LogP contribution in [0.15, 0.2) is 34.9 Å². The summed E-state index contributed by atoms with van der Waals surface area (Å²) >= 11 is 0. The van der Waals surface area contributed by atoms with Crippen LogP contribution >= 0.6 is 0 Å². The fourth-order valence-electron chi connectivity index (χ4n) is 3.67. The van der Waals surface area contributed by atoms with E-state index in [4.69, 9.17) is 10.2 Å². The lowest BCUT2D eigenvalue weighted by Crippen LogP contribution is -2.02. The summed E-state index contributed by atoms with van der Waals surface area (Å²) in [6.45, 7) is 0.598. The molecule has 2 N–H and O–H groups in total. The van der Waals surface area contributed by atoms with E-state index < -0.39 is 0 Å². The van der Waals surface area contributed by atoms with Crippen molar-refractivity contribution in [3.05, 3.63) is 53.2 Å². The maximum atomic E-state index is 5.86. The Kier molecular flexibility index (Phi) is 2.49. The average molecular weight is 254 g/mol. The van der Waals surface area contributed by atoms with Crippen LogP contribution in [0, 0.1) is 5.92 Å². The minimum absolute atomic E-state index is 0.544. The van der Waals surface area contributed by atoms with Crippen molar-refractivity contribution in [2.45, 2.75) is 31.1 Å². The van der Waals surface area contributed by atoms with E-state index in [1.54, 1.807) is 0 Å². The molecule has 1 heterocycles. The number of nitrogens with zero attached hydrogens (tertiary/aromatic N) is 1. The van der Waals surface area contributed by atoms with Crippen LogP contribution in [0.3, 0.4) is 0 Å². The molecule has 1 aromatic carbocycles. The highest BCUT2D eigenvalue weighted by Gasteiger charge is 2.55. The Morgan fingerprint density at radius 3 is 3.05 bits per heavy atom. The van der Waals surface area contributed by atoms with Crippen molar-refractivity contribution >= 4 is 0 Å². The standard InChI is InChI=1S/C16H18N2O/c17-8-7-14-18-9-13(19-14)16-12-6-5-10-3-1-2-4-11(10)15(12)16/h1-4,9,12,15-16H,5-8,17H2. The third-order valence-electron chi connectivity index (χ3n) is 4.59. The van der Waals surface area contributed by atoms with Gasteiger partial charge in [0.1, 0.15) is 5.76 Å². The number of fused-ring (bicyclic) bond motifs is 3. The van der Waals surface area contributed by atoms with Crippen LogP contribution in [0.4, 0.5) is 0 Å². The number of rotatable bonds is 3. The molecule has 1 fully saturated rings. The molecule has 98 valence electrons. The molecule has 3 unspecified atom stereocenters. The topological polar surface area (TPSA) is 52.0 Å². The van der Waals surface area contributed by atoms with Crippen LogP contribution in [0.1, 0.15) is 41.0 Å². The smallest absolute Gasteiger partial charge is 0.195 e. The molecular formula is C16H18N2O. The fourth-order valence-corrected chi connectivity index (χ4v) is 3.67. The molecule has 0 saturated heterocycles. The molecule has 1 aromatic heterocycles. The number of hydrogen-bond acceptors (Lipinski definition) is 3. The first-order valence-electron chi connectivity index (χ1n) is 7.11. The number of nitrogens with two attached hydrogens (primary N) is 1. The number of hydrogen-bond donors (Lipinski definition) is 1. The predicted octanol–water partition coefficient (Wildman–Crippen LogP) is 2.62. The third kappa shape index (κ3) is 1.72. The van der Waals surface area contributed by atoms with Gasteiger partial charge in [-0.05, 0) is 35.8 Å². The lowest BCUT2D eigenvalue weighted by atomic mass is 9.92. The van der Waals surface area contributed by atoms with E-state index in [0.717, 1.165) is 24.0 Å².